The molecule has 0 unspecified atom stereocenters. The zero-order chi connectivity index (χ0) is 22.8. The van der Waals surface area contributed by atoms with Crippen LogP contribution in [-0.4, -0.2) is 43.9 Å². The highest BCUT2D eigenvalue weighted by atomic mass is 19.3. The maximum absolute atomic E-state index is 12.6. The fraction of sp³-hybridized carbons (Fsp3) is 0.381. The van der Waals surface area contributed by atoms with Gasteiger partial charge in [-0.05, 0) is 37.3 Å². The van der Waals surface area contributed by atoms with Gasteiger partial charge in [-0.2, -0.15) is 10.4 Å². The molecule has 0 saturated carbocycles. The zero-order valence-corrected chi connectivity index (χ0v) is 16.9. The van der Waals surface area contributed by atoms with Gasteiger partial charge >= 0.3 is 5.97 Å². The summed E-state index contributed by atoms with van der Waals surface area (Å²) in [6.45, 7) is -1.37. The number of hydrogen-bond donors (Lipinski definition) is 2. The molecule has 1 aliphatic carbocycles. The zero-order valence-electron chi connectivity index (χ0n) is 16.9. The van der Waals surface area contributed by atoms with E-state index in [1.165, 1.54) is 12.1 Å². The number of carboxylic acids is 1. The van der Waals surface area contributed by atoms with Crippen molar-refractivity contribution in [1.29, 1.82) is 5.26 Å². The summed E-state index contributed by atoms with van der Waals surface area (Å²) in [5.41, 5.74) is 2.64. The lowest BCUT2D eigenvalue weighted by Gasteiger charge is -2.19. The van der Waals surface area contributed by atoms with Crippen LogP contribution in [0.3, 0.4) is 0 Å². The van der Waals surface area contributed by atoms with Gasteiger partial charge in [0.2, 0.25) is 0 Å². The second kappa shape index (κ2) is 8.74. The molecule has 32 heavy (non-hydrogen) atoms. The number of halogens is 2. The second-order valence-corrected chi connectivity index (χ2v) is 7.51. The number of alkyl halides is 2. The first-order chi connectivity index (χ1) is 15.4. The van der Waals surface area contributed by atoms with E-state index in [0.717, 1.165) is 23.1 Å². The highest BCUT2D eigenvalue weighted by Crippen LogP contribution is 2.26. The smallest absolute Gasteiger partial charge is 0.325 e. The Bertz CT molecular complexity index is 1290. The van der Waals surface area contributed by atoms with E-state index in [9.17, 15) is 23.6 Å². The van der Waals surface area contributed by atoms with Gasteiger partial charge in [0, 0.05) is 11.6 Å². The number of nitrogens with one attached hydrogen (secondary N) is 1. The van der Waals surface area contributed by atoms with Gasteiger partial charge in [0.1, 0.15) is 30.8 Å². The molecule has 0 amide bonds. The minimum atomic E-state index is -2.68. The summed E-state index contributed by atoms with van der Waals surface area (Å²) >= 11 is 0. The van der Waals surface area contributed by atoms with Gasteiger partial charge < -0.3 is 14.8 Å². The summed E-state index contributed by atoms with van der Waals surface area (Å²) in [5, 5.41) is 22.7. The highest BCUT2D eigenvalue weighted by Gasteiger charge is 2.22. The fourth-order valence-electron chi connectivity index (χ4n) is 3.94. The first kappa shape index (κ1) is 21.4. The average Bonchev–Trinajstić information content (AvgIpc) is 3.15. The molecule has 0 aliphatic heterocycles. The standard InChI is InChI=1S/C21H19F2N5O4/c22-18(23)10-32-17-6-16-15(5-11(17)8-24)25-19(26-16)7-14-12-3-1-2-4-13(12)21(31)28(27-14)9-20(29)30/h5-6,18H,1-4,7,9-10H2,(H,25,26)(H,29,30). The third-order valence-corrected chi connectivity index (χ3v) is 5.29. The van der Waals surface area contributed by atoms with E-state index in [1.807, 2.05) is 6.07 Å². The highest BCUT2D eigenvalue weighted by molar-refractivity contribution is 5.79. The van der Waals surface area contributed by atoms with Gasteiger partial charge in [-0.1, -0.05) is 0 Å². The van der Waals surface area contributed by atoms with E-state index < -0.39 is 25.5 Å². The van der Waals surface area contributed by atoms with Crippen molar-refractivity contribution in [1.82, 2.24) is 19.7 Å². The van der Waals surface area contributed by atoms with Gasteiger partial charge in [0.05, 0.1) is 28.7 Å². The predicted molar refractivity (Wildman–Crippen MR) is 108 cm³/mol. The predicted octanol–water partition coefficient (Wildman–Crippen LogP) is 2.19. The molecule has 2 heterocycles. The summed E-state index contributed by atoms with van der Waals surface area (Å²) in [7, 11) is 0. The SMILES string of the molecule is N#Cc1cc2[nH]c(Cc3nn(CC(=O)O)c(=O)c4c3CCCC4)nc2cc1OCC(F)F. The van der Waals surface area contributed by atoms with Crippen molar-refractivity contribution in [3.63, 3.8) is 0 Å². The number of nitriles is 1. The maximum atomic E-state index is 12.6. The van der Waals surface area contributed by atoms with Gasteiger partial charge in [0.15, 0.2) is 0 Å². The number of ether oxygens (including phenoxy) is 1. The molecule has 0 bridgehead atoms. The molecule has 2 N–H and O–H groups in total. The second-order valence-electron chi connectivity index (χ2n) is 7.51. The molecule has 2 aromatic heterocycles. The Morgan fingerprint density at radius 1 is 1.31 bits per heavy atom. The summed E-state index contributed by atoms with van der Waals surface area (Å²) in [4.78, 5) is 31.3. The van der Waals surface area contributed by atoms with Crippen molar-refractivity contribution in [2.75, 3.05) is 6.61 Å². The lowest BCUT2D eigenvalue weighted by Crippen LogP contribution is -2.33. The van der Waals surface area contributed by atoms with Crippen LogP contribution < -0.4 is 10.3 Å². The quantitative estimate of drug-likeness (QED) is 0.572. The van der Waals surface area contributed by atoms with Crippen LogP contribution in [0.2, 0.25) is 0 Å². The van der Waals surface area contributed by atoms with Crippen LogP contribution in [0.4, 0.5) is 8.78 Å². The molecule has 0 saturated heterocycles. The van der Waals surface area contributed by atoms with Crippen molar-refractivity contribution in [2.24, 2.45) is 0 Å². The molecule has 11 heteroatoms. The number of benzene rings is 1. The number of imidazole rings is 1. The van der Waals surface area contributed by atoms with Crippen molar-refractivity contribution in [3.8, 4) is 11.8 Å². The molecule has 1 aliphatic rings. The van der Waals surface area contributed by atoms with E-state index in [-0.39, 0.29) is 23.3 Å². The molecule has 0 atom stereocenters. The maximum Gasteiger partial charge on any atom is 0.325 e. The van der Waals surface area contributed by atoms with Crippen molar-refractivity contribution < 1.29 is 23.4 Å². The van der Waals surface area contributed by atoms with Crippen LogP contribution in [0.25, 0.3) is 11.0 Å². The van der Waals surface area contributed by atoms with Crippen LogP contribution >= 0.6 is 0 Å². The molecule has 1 aromatic carbocycles. The number of fused-ring (bicyclic) bond motifs is 2. The van der Waals surface area contributed by atoms with E-state index in [0.29, 0.717) is 41.0 Å². The summed E-state index contributed by atoms with van der Waals surface area (Å²) in [6.07, 6.45) is 0.532. The largest absolute Gasteiger partial charge is 0.486 e. The van der Waals surface area contributed by atoms with Crippen LogP contribution in [0.15, 0.2) is 16.9 Å². The average molecular weight is 443 g/mol. The number of aliphatic carboxylic acids is 1. The molecule has 166 valence electrons. The van der Waals surface area contributed by atoms with Crippen molar-refractivity contribution >= 4 is 17.0 Å². The molecule has 4 rings (SSSR count). The Morgan fingerprint density at radius 3 is 2.75 bits per heavy atom. The van der Waals surface area contributed by atoms with Crippen LogP contribution in [-0.2, 0) is 30.6 Å². The minimum Gasteiger partial charge on any atom is -0.486 e. The van der Waals surface area contributed by atoms with Crippen LogP contribution in [0.1, 0.15) is 41.1 Å². The third-order valence-electron chi connectivity index (χ3n) is 5.29. The lowest BCUT2D eigenvalue weighted by atomic mass is 9.91. The Balaban J connectivity index is 1.72. The monoisotopic (exact) mass is 443 g/mol. The number of hydrogen-bond acceptors (Lipinski definition) is 6. The molecule has 9 nitrogen and oxygen atoms in total. The molecule has 0 spiro atoms. The summed E-state index contributed by atoms with van der Waals surface area (Å²) < 4.78 is 31.0. The molecule has 0 radical (unpaired) electrons. The van der Waals surface area contributed by atoms with E-state index in [1.54, 1.807) is 0 Å². The minimum absolute atomic E-state index is 0.0175. The number of aromatic amines is 1. The third kappa shape index (κ3) is 4.30. The Labute approximate surface area is 180 Å². The number of rotatable bonds is 7. The number of nitrogens with zero attached hydrogens (tertiary/aromatic N) is 4. The van der Waals surface area contributed by atoms with E-state index in [4.69, 9.17) is 9.84 Å². The normalized spacial score (nSPS) is 13.2. The van der Waals surface area contributed by atoms with Crippen LogP contribution in [0.5, 0.6) is 5.75 Å². The van der Waals surface area contributed by atoms with Gasteiger partial charge in [-0.3, -0.25) is 9.59 Å². The number of carboxylic acid groups (broad SMARTS) is 1. The Hall–Kier alpha value is -3.81. The lowest BCUT2D eigenvalue weighted by molar-refractivity contribution is -0.138. The van der Waals surface area contributed by atoms with Crippen molar-refractivity contribution in [3.05, 3.63) is 50.7 Å². The number of aromatic nitrogens is 4. The Kier molecular flexibility index (Phi) is 5.85. The van der Waals surface area contributed by atoms with E-state index in [2.05, 4.69) is 15.1 Å². The topological polar surface area (TPSA) is 134 Å². The Morgan fingerprint density at radius 2 is 2.06 bits per heavy atom. The first-order valence-electron chi connectivity index (χ1n) is 10.0. The fourth-order valence-corrected chi connectivity index (χ4v) is 3.94. The molecule has 3 aromatic rings. The molecular weight excluding hydrogens is 424 g/mol. The first-order valence-corrected chi connectivity index (χ1v) is 10.0. The van der Waals surface area contributed by atoms with Crippen molar-refractivity contribution in [2.45, 2.75) is 45.1 Å². The number of carbonyl (C=O) groups is 1. The van der Waals surface area contributed by atoms with Crippen LogP contribution in [0, 0.1) is 11.3 Å². The van der Waals surface area contributed by atoms with Gasteiger partial charge in [0.25, 0.3) is 12.0 Å². The summed E-state index contributed by atoms with van der Waals surface area (Å²) in [6, 6.07) is 4.81. The molecule has 0 fully saturated rings. The summed E-state index contributed by atoms with van der Waals surface area (Å²) in [5.74, 6) is -0.662. The van der Waals surface area contributed by atoms with E-state index >= 15 is 0 Å². The van der Waals surface area contributed by atoms with Gasteiger partial charge in [-0.15, -0.1) is 0 Å². The number of H-pyrrole nitrogens is 1. The molecular formula is C21H19F2N5O4. The van der Waals surface area contributed by atoms with Gasteiger partial charge in [-0.25, -0.2) is 18.4 Å².